The fourth-order valence-corrected chi connectivity index (χ4v) is 3.82. The Morgan fingerprint density at radius 2 is 1.87 bits per heavy atom. The van der Waals surface area contributed by atoms with Crippen molar-refractivity contribution in [2.75, 3.05) is 45.9 Å². The average molecular weight is 457 g/mol. The van der Waals surface area contributed by atoms with Gasteiger partial charge >= 0.3 is 0 Å². The highest BCUT2D eigenvalue weighted by molar-refractivity contribution is 5.92. The molecule has 2 saturated heterocycles. The monoisotopic (exact) mass is 456 g/mol. The molecule has 0 saturated carbocycles. The van der Waals surface area contributed by atoms with Gasteiger partial charge in [0.05, 0.1) is 31.5 Å². The Bertz CT molecular complexity index is 764. The van der Waals surface area contributed by atoms with Crippen LogP contribution >= 0.6 is 24.8 Å². The molecule has 1 unspecified atom stereocenters. The van der Waals surface area contributed by atoms with Gasteiger partial charge in [0.1, 0.15) is 0 Å². The van der Waals surface area contributed by atoms with E-state index in [9.17, 15) is 4.79 Å². The van der Waals surface area contributed by atoms with Crippen LogP contribution in [0.4, 0.5) is 0 Å². The molecule has 166 valence electrons. The molecule has 10 heteroatoms. The molecule has 2 aliphatic rings. The molecule has 4 rings (SSSR count). The number of rotatable bonds is 6. The number of benzene rings is 1. The maximum Gasteiger partial charge on any atom is 0.273 e. The highest BCUT2D eigenvalue weighted by atomic mass is 35.5. The van der Waals surface area contributed by atoms with Gasteiger partial charge in [-0.2, -0.15) is 0 Å². The van der Waals surface area contributed by atoms with Gasteiger partial charge in [-0.1, -0.05) is 35.5 Å². The number of aromatic nitrogens is 3. The summed E-state index contributed by atoms with van der Waals surface area (Å²) in [5.74, 6) is -0.178. The van der Waals surface area contributed by atoms with E-state index < -0.39 is 0 Å². The third-order valence-electron chi connectivity index (χ3n) is 5.48. The molecule has 1 aromatic carbocycles. The Labute approximate surface area is 189 Å². The van der Waals surface area contributed by atoms with E-state index in [0.29, 0.717) is 11.7 Å². The average Bonchev–Trinajstić information content (AvgIpc) is 3.26. The van der Waals surface area contributed by atoms with Crippen LogP contribution in [0.1, 0.15) is 41.0 Å². The number of amides is 1. The first-order valence-electron chi connectivity index (χ1n) is 10.1. The van der Waals surface area contributed by atoms with Crippen LogP contribution in [-0.4, -0.2) is 71.7 Å². The molecule has 2 aliphatic heterocycles. The molecule has 3 heterocycles. The predicted octanol–water partition coefficient (Wildman–Crippen LogP) is 1.85. The van der Waals surface area contributed by atoms with Crippen molar-refractivity contribution in [1.82, 2.24) is 30.5 Å². The summed E-state index contributed by atoms with van der Waals surface area (Å²) >= 11 is 0. The summed E-state index contributed by atoms with van der Waals surface area (Å²) < 4.78 is 7.29. The normalized spacial score (nSPS) is 18.7. The molecule has 0 aliphatic carbocycles. The van der Waals surface area contributed by atoms with Gasteiger partial charge in [-0.15, -0.1) is 29.9 Å². The number of ether oxygens (including phenoxy) is 1. The fourth-order valence-electron chi connectivity index (χ4n) is 3.82. The van der Waals surface area contributed by atoms with Gasteiger partial charge in [0.15, 0.2) is 5.69 Å². The number of carbonyl (C=O) groups excluding carboxylic acids is 1. The second-order valence-electron chi connectivity index (χ2n) is 7.41. The van der Waals surface area contributed by atoms with Crippen molar-refractivity contribution >= 4 is 30.7 Å². The summed E-state index contributed by atoms with van der Waals surface area (Å²) in [6, 6.07) is 10.3. The topological polar surface area (TPSA) is 84.3 Å². The van der Waals surface area contributed by atoms with E-state index >= 15 is 0 Å². The van der Waals surface area contributed by atoms with Crippen molar-refractivity contribution in [3.05, 3.63) is 47.8 Å². The molecule has 1 atom stereocenters. The maximum absolute atomic E-state index is 12.9. The third-order valence-corrected chi connectivity index (χ3v) is 5.48. The Morgan fingerprint density at radius 3 is 2.57 bits per heavy atom. The molecular weight excluding hydrogens is 427 g/mol. The first-order valence-corrected chi connectivity index (χ1v) is 10.1. The zero-order chi connectivity index (χ0) is 19.2. The molecule has 30 heavy (non-hydrogen) atoms. The van der Waals surface area contributed by atoms with Crippen LogP contribution in [0.5, 0.6) is 0 Å². The Morgan fingerprint density at radius 1 is 1.17 bits per heavy atom. The van der Waals surface area contributed by atoms with E-state index in [4.69, 9.17) is 4.74 Å². The third kappa shape index (κ3) is 6.39. The number of hydrogen-bond acceptors (Lipinski definition) is 6. The van der Waals surface area contributed by atoms with Gasteiger partial charge in [-0.3, -0.25) is 9.69 Å². The minimum atomic E-state index is -0.178. The molecule has 1 aromatic heterocycles. The van der Waals surface area contributed by atoms with Crippen LogP contribution in [0.15, 0.2) is 36.5 Å². The van der Waals surface area contributed by atoms with Gasteiger partial charge in [-0.05, 0) is 31.5 Å². The predicted molar refractivity (Wildman–Crippen MR) is 120 cm³/mol. The van der Waals surface area contributed by atoms with E-state index in [-0.39, 0.29) is 36.8 Å². The largest absolute Gasteiger partial charge is 0.379 e. The molecule has 2 fully saturated rings. The van der Waals surface area contributed by atoms with Crippen molar-refractivity contribution in [3.63, 3.8) is 0 Å². The van der Waals surface area contributed by atoms with E-state index in [0.717, 1.165) is 64.3 Å². The standard InChI is InChI=1S/C20H28N6O2.2ClH/c27-20(19-15-26(24-23-19)17-6-8-21-9-7-17)22-18(16-4-2-1-3-5-16)14-25-10-12-28-13-11-25;;/h1-5,15,17-18,21H,6-14H2,(H,22,27);2*1H. The Balaban J connectivity index is 0.00000160. The summed E-state index contributed by atoms with van der Waals surface area (Å²) in [4.78, 5) is 15.2. The van der Waals surface area contributed by atoms with Crippen molar-refractivity contribution < 1.29 is 9.53 Å². The quantitative estimate of drug-likeness (QED) is 0.689. The van der Waals surface area contributed by atoms with Crippen LogP contribution in [0.2, 0.25) is 0 Å². The summed E-state index contributed by atoms with van der Waals surface area (Å²) in [5, 5.41) is 14.8. The van der Waals surface area contributed by atoms with E-state index in [1.807, 2.05) is 22.9 Å². The molecule has 8 nitrogen and oxygen atoms in total. The summed E-state index contributed by atoms with van der Waals surface area (Å²) in [6.07, 6.45) is 3.80. The lowest BCUT2D eigenvalue weighted by molar-refractivity contribution is 0.0332. The summed E-state index contributed by atoms with van der Waals surface area (Å²) in [6.45, 7) is 5.93. The van der Waals surface area contributed by atoms with Crippen LogP contribution in [0.3, 0.4) is 0 Å². The van der Waals surface area contributed by atoms with E-state index in [1.54, 1.807) is 6.20 Å². The van der Waals surface area contributed by atoms with E-state index in [1.165, 1.54) is 0 Å². The van der Waals surface area contributed by atoms with Crippen LogP contribution in [0, 0.1) is 0 Å². The number of nitrogens with one attached hydrogen (secondary N) is 2. The number of hydrogen-bond donors (Lipinski definition) is 2. The Hall–Kier alpha value is -1.71. The van der Waals surface area contributed by atoms with Crippen molar-refractivity contribution in [2.24, 2.45) is 0 Å². The molecular formula is C20H30Cl2N6O2. The van der Waals surface area contributed by atoms with E-state index in [2.05, 4.69) is 38.0 Å². The maximum atomic E-state index is 12.9. The first kappa shape index (κ1) is 24.6. The number of piperidine rings is 1. The minimum Gasteiger partial charge on any atom is -0.379 e. The molecule has 0 bridgehead atoms. The first-order chi connectivity index (χ1) is 13.8. The fraction of sp³-hybridized carbons (Fsp3) is 0.550. The highest BCUT2D eigenvalue weighted by Crippen LogP contribution is 2.18. The zero-order valence-electron chi connectivity index (χ0n) is 16.9. The van der Waals surface area contributed by atoms with Crippen LogP contribution in [0.25, 0.3) is 0 Å². The van der Waals surface area contributed by atoms with Crippen molar-refractivity contribution in [3.8, 4) is 0 Å². The second kappa shape index (κ2) is 12.2. The van der Waals surface area contributed by atoms with Crippen molar-refractivity contribution in [1.29, 1.82) is 0 Å². The van der Waals surface area contributed by atoms with Gasteiger partial charge in [0.2, 0.25) is 0 Å². The SMILES string of the molecule is Cl.Cl.O=C(NC(CN1CCOCC1)c1ccccc1)c1cn(C2CCNCC2)nn1. The van der Waals surface area contributed by atoms with Gasteiger partial charge in [0, 0.05) is 19.6 Å². The minimum absolute atomic E-state index is 0. The van der Waals surface area contributed by atoms with Crippen LogP contribution in [-0.2, 0) is 4.74 Å². The van der Waals surface area contributed by atoms with Crippen LogP contribution < -0.4 is 10.6 Å². The van der Waals surface area contributed by atoms with Gasteiger partial charge in [-0.25, -0.2) is 4.68 Å². The molecule has 0 spiro atoms. The number of carbonyl (C=O) groups is 1. The lowest BCUT2D eigenvalue weighted by atomic mass is 10.1. The summed E-state index contributed by atoms with van der Waals surface area (Å²) in [5.41, 5.74) is 1.47. The Kier molecular flexibility index (Phi) is 10.0. The zero-order valence-corrected chi connectivity index (χ0v) is 18.5. The number of morpholine rings is 1. The lowest BCUT2D eigenvalue weighted by Crippen LogP contribution is -2.43. The van der Waals surface area contributed by atoms with Gasteiger partial charge < -0.3 is 15.4 Å². The molecule has 2 N–H and O–H groups in total. The summed E-state index contributed by atoms with van der Waals surface area (Å²) in [7, 11) is 0. The smallest absolute Gasteiger partial charge is 0.273 e. The van der Waals surface area contributed by atoms with Gasteiger partial charge in [0.25, 0.3) is 5.91 Å². The second-order valence-corrected chi connectivity index (χ2v) is 7.41. The number of nitrogens with zero attached hydrogens (tertiary/aromatic N) is 4. The molecule has 1 amide bonds. The lowest BCUT2D eigenvalue weighted by Gasteiger charge is -2.31. The van der Waals surface area contributed by atoms with Crippen molar-refractivity contribution in [2.45, 2.75) is 24.9 Å². The molecule has 2 aromatic rings. The number of halogens is 2. The molecule has 0 radical (unpaired) electrons. The highest BCUT2D eigenvalue weighted by Gasteiger charge is 2.23.